The van der Waals surface area contributed by atoms with E-state index in [0.29, 0.717) is 5.69 Å². The molecule has 2 heterocycles. The highest BCUT2D eigenvalue weighted by molar-refractivity contribution is 5.92. The van der Waals surface area contributed by atoms with Crippen molar-refractivity contribution in [1.29, 1.82) is 0 Å². The van der Waals surface area contributed by atoms with Crippen LogP contribution in [-0.4, -0.2) is 22.3 Å². The Bertz CT molecular complexity index is 487. The molecule has 4 nitrogen and oxygen atoms in total. The van der Waals surface area contributed by atoms with Crippen LogP contribution in [0, 0.1) is 6.92 Å². The molecular formula is C10H11N3O. The molecule has 0 saturated heterocycles. The van der Waals surface area contributed by atoms with Crippen molar-refractivity contribution in [1.82, 2.24) is 14.7 Å². The molecule has 0 saturated carbocycles. The molecule has 1 N–H and O–H groups in total. The summed E-state index contributed by atoms with van der Waals surface area (Å²) in [5.74, 6) is -0.159. The van der Waals surface area contributed by atoms with Crippen LogP contribution in [0.4, 0.5) is 0 Å². The van der Waals surface area contributed by atoms with E-state index in [9.17, 15) is 4.79 Å². The van der Waals surface area contributed by atoms with Crippen molar-refractivity contribution in [3.05, 3.63) is 35.8 Å². The van der Waals surface area contributed by atoms with Crippen LogP contribution in [0.3, 0.4) is 0 Å². The maximum absolute atomic E-state index is 11.3. The lowest BCUT2D eigenvalue weighted by molar-refractivity contribution is 0.0959. The number of carbonyl (C=O) groups excluding carboxylic acids is 1. The van der Waals surface area contributed by atoms with E-state index in [-0.39, 0.29) is 5.91 Å². The lowest BCUT2D eigenvalue weighted by atomic mass is 10.4. The van der Waals surface area contributed by atoms with Crippen molar-refractivity contribution in [3.8, 4) is 0 Å². The van der Waals surface area contributed by atoms with E-state index < -0.39 is 0 Å². The molecule has 0 fully saturated rings. The zero-order valence-corrected chi connectivity index (χ0v) is 8.11. The SMILES string of the molecule is CNC(=O)c1cn2c(C)cccc2n1. The monoisotopic (exact) mass is 189 g/mol. The Balaban J connectivity index is 2.62. The molecule has 4 heteroatoms. The molecule has 72 valence electrons. The van der Waals surface area contributed by atoms with Crippen molar-refractivity contribution in [2.24, 2.45) is 0 Å². The number of nitrogens with one attached hydrogen (secondary N) is 1. The van der Waals surface area contributed by atoms with Crippen LogP contribution in [0.1, 0.15) is 16.2 Å². The summed E-state index contributed by atoms with van der Waals surface area (Å²) in [6.45, 7) is 1.97. The fourth-order valence-electron chi connectivity index (χ4n) is 1.39. The Morgan fingerprint density at radius 3 is 2.93 bits per heavy atom. The van der Waals surface area contributed by atoms with Gasteiger partial charge < -0.3 is 9.72 Å². The average Bonchev–Trinajstić information content (AvgIpc) is 2.62. The van der Waals surface area contributed by atoms with Gasteiger partial charge in [-0.05, 0) is 19.1 Å². The Labute approximate surface area is 81.6 Å². The van der Waals surface area contributed by atoms with E-state index in [1.165, 1.54) is 0 Å². The largest absolute Gasteiger partial charge is 0.354 e. The second-order valence-corrected chi connectivity index (χ2v) is 3.10. The predicted molar refractivity (Wildman–Crippen MR) is 53.3 cm³/mol. The van der Waals surface area contributed by atoms with Crippen molar-refractivity contribution < 1.29 is 4.79 Å². The Morgan fingerprint density at radius 2 is 2.29 bits per heavy atom. The van der Waals surface area contributed by atoms with Crippen LogP contribution >= 0.6 is 0 Å². The minimum absolute atomic E-state index is 0.159. The quantitative estimate of drug-likeness (QED) is 0.727. The minimum Gasteiger partial charge on any atom is -0.354 e. The lowest BCUT2D eigenvalue weighted by Crippen LogP contribution is -2.17. The molecule has 2 aromatic rings. The molecule has 2 rings (SSSR count). The summed E-state index contributed by atoms with van der Waals surface area (Å²) in [7, 11) is 1.60. The number of hydrogen-bond donors (Lipinski definition) is 1. The van der Waals surface area contributed by atoms with Crippen LogP contribution < -0.4 is 5.32 Å². The van der Waals surface area contributed by atoms with Gasteiger partial charge in [0.1, 0.15) is 11.3 Å². The molecule has 2 aromatic heterocycles. The maximum atomic E-state index is 11.3. The van der Waals surface area contributed by atoms with Crippen LogP contribution in [-0.2, 0) is 0 Å². The van der Waals surface area contributed by atoms with Crippen LogP contribution in [0.15, 0.2) is 24.4 Å². The first-order valence-corrected chi connectivity index (χ1v) is 4.39. The molecule has 0 bridgehead atoms. The van der Waals surface area contributed by atoms with E-state index in [4.69, 9.17) is 0 Å². The highest BCUT2D eigenvalue weighted by Crippen LogP contribution is 2.07. The molecule has 0 spiro atoms. The fraction of sp³-hybridized carbons (Fsp3) is 0.200. The number of carbonyl (C=O) groups is 1. The summed E-state index contributed by atoms with van der Waals surface area (Å²) in [5, 5.41) is 2.55. The second-order valence-electron chi connectivity index (χ2n) is 3.10. The first kappa shape index (κ1) is 8.74. The summed E-state index contributed by atoms with van der Waals surface area (Å²) < 4.78 is 1.89. The van der Waals surface area contributed by atoms with Gasteiger partial charge >= 0.3 is 0 Å². The van der Waals surface area contributed by atoms with Gasteiger partial charge in [-0.1, -0.05) is 6.07 Å². The van der Waals surface area contributed by atoms with Gasteiger partial charge in [-0.15, -0.1) is 0 Å². The number of pyridine rings is 1. The highest BCUT2D eigenvalue weighted by Gasteiger charge is 2.08. The average molecular weight is 189 g/mol. The van der Waals surface area contributed by atoms with Gasteiger partial charge in [0, 0.05) is 18.9 Å². The van der Waals surface area contributed by atoms with Gasteiger partial charge in [-0.25, -0.2) is 4.98 Å². The molecule has 0 aliphatic carbocycles. The molecular weight excluding hydrogens is 178 g/mol. The second kappa shape index (κ2) is 3.14. The molecule has 0 aromatic carbocycles. The summed E-state index contributed by atoms with van der Waals surface area (Å²) in [4.78, 5) is 15.5. The predicted octanol–water partition coefficient (Wildman–Crippen LogP) is 1.00. The van der Waals surface area contributed by atoms with Gasteiger partial charge in [0.2, 0.25) is 0 Å². The maximum Gasteiger partial charge on any atom is 0.271 e. The standard InChI is InChI=1S/C10H11N3O/c1-7-4-3-5-9-12-8(6-13(7)9)10(14)11-2/h3-6H,1-2H3,(H,11,14). The number of fused-ring (bicyclic) bond motifs is 1. The summed E-state index contributed by atoms with van der Waals surface area (Å²) >= 11 is 0. The topological polar surface area (TPSA) is 46.4 Å². The molecule has 0 aliphatic rings. The van der Waals surface area contributed by atoms with Crippen LogP contribution in [0.2, 0.25) is 0 Å². The summed E-state index contributed by atoms with van der Waals surface area (Å²) in [6, 6.07) is 5.77. The van der Waals surface area contributed by atoms with E-state index in [0.717, 1.165) is 11.3 Å². The highest BCUT2D eigenvalue weighted by atomic mass is 16.1. The first-order valence-electron chi connectivity index (χ1n) is 4.39. The third-order valence-electron chi connectivity index (χ3n) is 2.16. The third-order valence-corrected chi connectivity index (χ3v) is 2.16. The number of aryl methyl sites for hydroxylation is 1. The molecule has 1 amide bonds. The zero-order valence-electron chi connectivity index (χ0n) is 8.11. The van der Waals surface area contributed by atoms with Gasteiger partial charge in [-0.3, -0.25) is 4.79 Å². The zero-order chi connectivity index (χ0) is 10.1. The van der Waals surface area contributed by atoms with Gasteiger partial charge in [0.15, 0.2) is 0 Å². The Morgan fingerprint density at radius 1 is 1.50 bits per heavy atom. The molecule has 0 aliphatic heterocycles. The number of nitrogens with zero attached hydrogens (tertiary/aromatic N) is 2. The molecule has 0 atom stereocenters. The van der Waals surface area contributed by atoms with Gasteiger partial charge in [-0.2, -0.15) is 0 Å². The summed E-state index contributed by atoms with van der Waals surface area (Å²) in [5.41, 5.74) is 2.30. The smallest absolute Gasteiger partial charge is 0.271 e. The Kier molecular flexibility index (Phi) is 1.96. The molecule has 0 unspecified atom stereocenters. The number of hydrogen-bond acceptors (Lipinski definition) is 2. The first-order chi connectivity index (χ1) is 6.72. The van der Waals surface area contributed by atoms with E-state index in [2.05, 4.69) is 10.3 Å². The van der Waals surface area contributed by atoms with Crippen LogP contribution in [0.5, 0.6) is 0 Å². The van der Waals surface area contributed by atoms with Crippen molar-refractivity contribution in [3.63, 3.8) is 0 Å². The van der Waals surface area contributed by atoms with E-state index in [1.807, 2.05) is 29.5 Å². The lowest BCUT2D eigenvalue weighted by Gasteiger charge is -1.95. The molecule has 0 radical (unpaired) electrons. The number of rotatable bonds is 1. The minimum atomic E-state index is -0.159. The van der Waals surface area contributed by atoms with Gasteiger partial charge in [0.05, 0.1) is 0 Å². The van der Waals surface area contributed by atoms with Crippen molar-refractivity contribution in [2.45, 2.75) is 6.92 Å². The number of amides is 1. The number of aromatic nitrogens is 2. The fourth-order valence-corrected chi connectivity index (χ4v) is 1.39. The summed E-state index contributed by atoms with van der Waals surface area (Å²) in [6.07, 6.45) is 1.74. The third kappa shape index (κ3) is 1.25. The molecule has 14 heavy (non-hydrogen) atoms. The number of imidazole rings is 1. The van der Waals surface area contributed by atoms with Gasteiger partial charge in [0.25, 0.3) is 5.91 Å². The van der Waals surface area contributed by atoms with E-state index in [1.54, 1.807) is 13.2 Å². The van der Waals surface area contributed by atoms with Crippen molar-refractivity contribution >= 4 is 11.6 Å². The van der Waals surface area contributed by atoms with E-state index >= 15 is 0 Å². The normalized spacial score (nSPS) is 10.4. The Hall–Kier alpha value is -1.84. The van der Waals surface area contributed by atoms with Crippen molar-refractivity contribution in [2.75, 3.05) is 7.05 Å². The van der Waals surface area contributed by atoms with Crippen LogP contribution in [0.25, 0.3) is 5.65 Å².